The molecule has 0 spiro atoms. The van der Waals surface area contributed by atoms with Crippen molar-refractivity contribution < 1.29 is 13.9 Å². The zero-order valence-electron chi connectivity index (χ0n) is 14.6. The third kappa shape index (κ3) is 3.44. The first-order chi connectivity index (χ1) is 13.2. The Labute approximate surface area is 155 Å². The predicted octanol–water partition coefficient (Wildman–Crippen LogP) is 3.86. The second kappa shape index (κ2) is 7.03. The Kier molecular flexibility index (Phi) is 4.42. The zero-order chi connectivity index (χ0) is 18.8. The van der Waals surface area contributed by atoms with Crippen LogP contribution < -0.4 is 15.4 Å². The highest BCUT2D eigenvalue weighted by Crippen LogP contribution is 2.33. The number of hydrogen-bond acceptors (Lipinski definition) is 5. The number of carbonyl (C=O) groups excluding carboxylic acids is 1. The number of carbonyl (C=O) groups is 1. The minimum Gasteiger partial charge on any atom is -0.497 e. The van der Waals surface area contributed by atoms with Crippen LogP contribution in [0.1, 0.15) is 11.1 Å². The predicted molar refractivity (Wildman–Crippen MR) is 101 cm³/mol. The fourth-order valence-corrected chi connectivity index (χ4v) is 3.05. The van der Waals surface area contributed by atoms with Crippen LogP contribution in [0.3, 0.4) is 0 Å². The fourth-order valence-electron chi connectivity index (χ4n) is 3.05. The number of halogens is 1. The molecule has 2 aromatic carbocycles. The summed E-state index contributed by atoms with van der Waals surface area (Å²) in [6.07, 6.45) is 1.85. The molecule has 2 heterocycles. The summed E-state index contributed by atoms with van der Waals surface area (Å²) in [4.78, 5) is 21.0. The average Bonchev–Trinajstić information content (AvgIpc) is 2.83. The second-order valence-electron chi connectivity index (χ2n) is 6.17. The highest BCUT2D eigenvalue weighted by atomic mass is 19.1. The monoisotopic (exact) mass is 364 g/mol. The number of ether oxygens (including phenoxy) is 1. The van der Waals surface area contributed by atoms with Gasteiger partial charge in [-0.25, -0.2) is 14.4 Å². The van der Waals surface area contributed by atoms with E-state index in [1.54, 1.807) is 24.4 Å². The smallest absolute Gasteiger partial charge is 0.228 e. The van der Waals surface area contributed by atoms with Crippen LogP contribution in [-0.2, 0) is 17.9 Å². The molecule has 0 saturated heterocycles. The number of methoxy groups -OCH3 is 1. The van der Waals surface area contributed by atoms with Gasteiger partial charge in [0, 0.05) is 29.1 Å². The number of rotatable bonds is 4. The van der Waals surface area contributed by atoms with Crippen LogP contribution in [0, 0.1) is 0 Å². The highest BCUT2D eigenvalue weighted by Gasteiger charge is 2.20. The zero-order valence-corrected chi connectivity index (χ0v) is 14.6. The highest BCUT2D eigenvalue weighted by molar-refractivity contribution is 5.99. The average molecular weight is 364 g/mol. The Balaban J connectivity index is 1.74. The molecule has 1 aliphatic rings. The van der Waals surface area contributed by atoms with Crippen molar-refractivity contribution in [3.05, 3.63) is 59.8 Å². The van der Waals surface area contributed by atoms with Crippen LogP contribution in [0.4, 0.5) is 21.7 Å². The first kappa shape index (κ1) is 17.0. The molecule has 3 aromatic rings. The van der Waals surface area contributed by atoms with Crippen molar-refractivity contribution in [3.63, 3.8) is 0 Å². The van der Waals surface area contributed by atoms with E-state index >= 15 is 0 Å². The largest absolute Gasteiger partial charge is 0.497 e. The number of nitrogens with one attached hydrogen (secondary N) is 2. The van der Waals surface area contributed by atoms with Gasteiger partial charge in [-0.15, -0.1) is 0 Å². The van der Waals surface area contributed by atoms with Crippen LogP contribution in [0.15, 0.2) is 48.7 Å². The summed E-state index contributed by atoms with van der Waals surface area (Å²) >= 11 is 0. The van der Waals surface area contributed by atoms with Crippen LogP contribution in [-0.4, -0.2) is 23.0 Å². The van der Waals surface area contributed by atoms with E-state index in [2.05, 4.69) is 20.6 Å². The summed E-state index contributed by atoms with van der Waals surface area (Å²) in [6, 6.07) is 12.6. The van der Waals surface area contributed by atoms with Gasteiger partial charge < -0.3 is 15.4 Å². The first-order valence-corrected chi connectivity index (χ1v) is 8.42. The number of benzene rings is 2. The molecule has 0 atom stereocenters. The lowest BCUT2D eigenvalue weighted by Gasteiger charge is -2.12. The van der Waals surface area contributed by atoms with E-state index in [9.17, 15) is 9.18 Å². The van der Waals surface area contributed by atoms with Crippen molar-refractivity contribution >= 4 is 23.2 Å². The fraction of sp³-hybridized carbons (Fsp3) is 0.150. The number of anilines is 3. The Morgan fingerprint density at radius 2 is 2.11 bits per heavy atom. The van der Waals surface area contributed by atoms with Crippen molar-refractivity contribution in [1.82, 2.24) is 9.97 Å². The normalized spacial score (nSPS) is 12.4. The molecular weight excluding hydrogens is 347 g/mol. The number of amides is 1. The molecule has 27 heavy (non-hydrogen) atoms. The Morgan fingerprint density at radius 3 is 2.93 bits per heavy atom. The molecule has 1 amide bonds. The van der Waals surface area contributed by atoms with E-state index in [0.29, 0.717) is 34.3 Å². The number of para-hydroxylation sites is 1. The molecule has 0 bridgehead atoms. The van der Waals surface area contributed by atoms with Gasteiger partial charge in [0.1, 0.15) is 12.4 Å². The van der Waals surface area contributed by atoms with E-state index in [-0.39, 0.29) is 12.3 Å². The summed E-state index contributed by atoms with van der Waals surface area (Å²) in [7, 11) is 1.53. The lowest BCUT2D eigenvalue weighted by Crippen LogP contribution is -2.12. The molecule has 1 aromatic heterocycles. The van der Waals surface area contributed by atoms with Crippen molar-refractivity contribution in [2.45, 2.75) is 13.1 Å². The van der Waals surface area contributed by atoms with Crippen LogP contribution >= 0.6 is 0 Å². The Bertz CT molecular complexity index is 1000. The van der Waals surface area contributed by atoms with Gasteiger partial charge >= 0.3 is 0 Å². The number of alkyl halides is 1. The molecule has 2 N–H and O–H groups in total. The van der Waals surface area contributed by atoms with Gasteiger partial charge in [-0.1, -0.05) is 18.2 Å². The molecule has 6 nitrogen and oxygen atoms in total. The number of nitrogens with zero attached hydrogens (tertiary/aromatic N) is 2. The Hall–Kier alpha value is -3.48. The summed E-state index contributed by atoms with van der Waals surface area (Å²) in [5.41, 5.74) is 4.10. The van der Waals surface area contributed by atoms with Crippen LogP contribution in [0.5, 0.6) is 5.75 Å². The topological polar surface area (TPSA) is 76.1 Å². The molecule has 4 rings (SSSR count). The minimum atomic E-state index is -0.599. The molecule has 0 aliphatic carbocycles. The molecule has 0 radical (unpaired) electrons. The second-order valence-corrected chi connectivity index (χ2v) is 6.17. The van der Waals surface area contributed by atoms with Gasteiger partial charge in [-0.2, -0.15) is 0 Å². The van der Waals surface area contributed by atoms with Gasteiger partial charge in [0.2, 0.25) is 11.9 Å². The summed E-state index contributed by atoms with van der Waals surface area (Å²) in [6.45, 7) is -0.599. The van der Waals surface area contributed by atoms with Gasteiger partial charge in [0.25, 0.3) is 0 Å². The van der Waals surface area contributed by atoms with E-state index in [0.717, 1.165) is 11.1 Å². The minimum absolute atomic E-state index is 0.106. The quantitative estimate of drug-likeness (QED) is 0.735. The molecule has 0 saturated carbocycles. The van der Waals surface area contributed by atoms with Crippen molar-refractivity contribution in [1.29, 1.82) is 0 Å². The van der Waals surface area contributed by atoms with E-state index in [4.69, 9.17) is 4.74 Å². The molecule has 136 valence electrons. The van der Waals surface area contributed by atoms with Crippen LogP contribution in [0.2, 0.25) is 0 Å². The lowest BCUT2D eigenvalue weighted by molar-refractivity contribution is -0.115. The molecule has 0 fully saturated rings. The molecule has 0 unspecified atom stereocenters. The van der Waals surface area contributed by atoms with Gasteiger partial charge in [-0.3, -0.25) is 4.79 Å². The third-order valence-corrected chi connectivity index (χ3v) is 4.28. The number of fused-ring (bicyclic) bond motifs is 3. The third-order valence-electron chi connectivity index (χ3n) is 4.28. The number of aromatic nitrogens is 2. The van der Waals surface area contributed by atoms with Crippen molar-refractivity contribution in [2.24, 2.45) is 0 Å². The first-order valence-electron chi connectivity index (χ1n) is 8.42. The summed E-state index contributed by atoms with van der Waals surface area (Å²) < 4.78 is 18.3. The molecule has 7 heteroatoms. The van der Waals surface area contributed by atoms with Gasteiger partial charge in [0.15, 0.2) is 0 Å². The molecule has 1 aliphatic heterocycles. The van der Waals surface area contributed by atoms with Crippen molar-refractivity contribution in [3.8, 4) is 17.0 Å². The van der Waals surface area contributed by atoms with Crippen molar-refractivity contribution in [2.75, 3.05) is 17.7 Å². The van der Waals surface area contributed by atoms with Gasteiger partial charge in [-0.05, 0) is 23.8 Å². The number of hydrogen-bond donors (Lipinski definition) is 2. The standard InChI is InChI=1S/C20H17FN4O2/c1-27-15-7-12(10-21)6-14(9-15)23-20-22-11-13-8-18(26)24-17-5-3-2-4-16(17)19(13)25-20/h2-7,9,11H,8,10H2,1H3,(H,24,26)(H,22,23,25). The Morgan fingerprint density at radius 1 is 1.26 bits per heavy atom. The maximum Gasteiger partial charge on any atom is 0.228 e. The lowest BCUT2D eigenvalue weighted by atomic mass is 10.1. The summed E-state index contributed by atoms with van der Waals surface area (Å²) in [5.74, 6) is 0.796. The summed E-state index contributed by atoms with van der Waals surface area (Å²) in [5, 5.41) is 5.97. The maximum atomic E-state index is 13.1. The van der Waals surface area contributed by atoms with E-state index in [1.165, 1.54) is 7.11 Å². The van der Waals surface area contributed by atoms with Crippen LogP contribution in [0.25, 0.3) is 11.3 Å². The SMILES string of the molecule is COc1cc(CF)cc(Nc2ncc3c(n2)-c2ccccc2NC(=O)C3)c1. The van der Waals surface area contributed by atoms with Gasteiger partial charge in [0.05, 0.1) is 24.9 Å². The van der Waals surface area contributed by atoms with E-state index in [1.807, 2.05) is 24.3 Å². The molecular formula is C20H17FN4O2. The maximum absolute atomic E-state index is 13.1. The van der Waals surface area contributed by atoms with E-state index < -0.39 is 6.67 Å².